The van der Waals surface area contributed by atoms with E-state index in [4.69, 9.17) is 17.3 Å². The average molecular weight is 241 g/mol. The Balaban J connectivity index is 2.11. The van der Waals surface area contributed by atoms with Crippen LogP contribution >= 0.6 is 11.6 Å². The summed E-state index contributed by atoms with van der Waals surface area (Å²) in [5, 5.41) is 13.3. The lowest BCUT2D eigenvalue weighted by Gasteiger charge is -2.21. The van der Waals surface area contributed by atoms with Gasteiger partial charge in [-0.25, -0.2) is 0 Å². The fourth-order valence-electron chi connectivity index (χ4n) is 2.30. The first kappa shape index (κ1) is 11.6. The zero-order valence-electron chi connectivity index (χ0n) is 9.12. The predicted molar refractivity (Wildman–Crippen MR) is 67.7 cm³/mol. The topological polar surface area (TPSA) is 58.3 Å². The summed E-state index contributed by atoms with van der Waals surface area (Å²) >= 11 is 5.93. The van der Waals surface area contributed by atoms with Crippen molar-refractivity contribution in [1.82, 2.24) is 0 Å². The van der Waals surface area contributed by atoms with Crippen LogP contribution in [0.1, 0.15) is 19.3 Å². The fraction of sp³-hybridized carbons (Fsp3) is 0.500. The molecule has 1 fully saturated rings. The summed E-state index contributed by atoms with van der Waals surface area (Å²) in [6.45, 7) is 0.234. The summed E-state index contributed by atoms with van der Waals surface area (Å²) < 4.78 is 0. The fourth-order valence-corrected chi connectivity index (χ4v) is 2.47. The molecule has 0 spiro atoms. The first-order chi connectivity index (χ1) is 7.70. The first-order valence-corrected chi connectivity index (χ1v) is 6.01. The summed E-state index contributed by atoms with van der Waals surface area (Å²) in [5.41, 5.74) is 7.45. The van der Waals surface area contributed by atoms with Crippen molar-refractivity contribution in [3.63, 3.8) is 0 Å². The van der Waals surface area contributed by atoms with Crippen LogP contribution in [-0.2, 0) is 0 Å². The SMILES string of the molecule is Nc1ccc(Cl)cc1NC1CCCC1CO. The highest BCUT2D eigenvalue weighted by Crippen LogP contribution is 2.31. The third kappa shape index (κ3) is 2.42. The predicted octanol–water partition coefficient (Wildman–Crippen LogP) is 2.50. The number of nitrogen functional groups attached to an aromatic ring is 1. The quantitative estimate of drug-likeness (QED) is 0.712. The van der Waals surface area contributed by atoms with Crippen LogP contribution in [0.4, 0.5) is 11.4 Å². The van der Waals surface area contributed by atoms with Crippen molar-refractivity contribution in [1.29, 1.82) is 0 Å². The highest BCUT2D eigenvalue weighted by atomic mass is 35.5. The monoisotopic (exact) mass is 240 g/mol. The van der Waals surface area contributed by atoms with Gasteiger partial charge in [-0.3, -0.25) is 0 Å². The van der Waals surface area contributed by atoms with Crippen molar-refractivity contribution in [2.24, 2.45) is 5.92 Å². The van der Waals surface area contributed by atoms with E-state index >= 15 is 0 Å². The Kier molecular flexibility index (Phi) is 3.56. The Morgan fingerprint density at radius 3 is 3.00 bits per heavy atom. The average Bonchev–Trinajstić information content (AvgIpc) is 2.71. The molecule has 2 unspecified atom stereocenters. The van der Waals surface area contributed by atoms with Gasteiger partial charge in [0.25, 0.3) is 0 Å². The number of aliphatic hydroxyl groups excluding tert-OH is 1. The Hall–Kier alpha value is -0.930. The van der Waals surface area contributed by atoms with Crippen LogP contribution in [0.3, 0.4) is 0 Å². The molecule has 16 heavy (non-hydrogen) atoms. The molecule has 4 heteroatoms. The van der Waals surface area contributed by atoms with E-state index in [1.165, 1.54) is 0 Å². The second kappa shape index (κ2) is 4.93. The number of benzene rings is 1. The Labute approximate surface area is 101 Å². The molecule has 0 bridgehead atoms. The second-order valence-corrected chi connectivity index (χ2v) is 4.79. The van der Waals surface area contributed by atoms with Crippen LogP contribution in [0.5, 0.6) is 0 Å². The van der Waals surface area contributed by atoms with E-state index in [0.717, 1.165) is 24.9 Å². The molecule has 88 valence electrons. The van der Waals surface area contributed by atoms with Gasteiger partial charge in [0.05, 0.1) is 11.4 Å². The van der Waals surface area contributed by atoms with Crippen molar-refractivity contribution in [3.05, 3.63) is 23.2 Å². The molecule has 1 aromatic carbocycles. The molecule has 0 radical (unpaired) electrons. The molecule has 1 saturated carbocycles. The molecule has 1 aliphatic rings. The van der Waals surface area contributed by atoms with Crippen molar-refractivity contribution in [2.75, 3.05) is 17.7 Å². The van der Waals surface area contributed by atoms with E-state index in [1.54, 1.807) is 12.1 Å². The number of rotatable bonds is 3. The van der Waals surface area contributed by atoms with Crippen LogP contribution in [-0.4, -0.2) is 17.8 Å². The lowest BCUT2D eigenvalue weighted by atomic mass is 10.0. The molecule has 4 N–H and O–H groups in total. The van der Waals surface area contributed by atoms with Gasteiger partial charge in [0, 0.05) is 23.6 Å². The first-order valence-electron chi connectivity index (χ1n) is 5.63. The summed E-state index contributed by atoms with van der Waals surface area (Å²) in [7, 11) is 0. The van der Waals surface area contributed by atoms with Crippen molar-refractivity contribution in [3.8, 4) is 0 Å². The molecule has 2 atom stereocenters. The van der Waals surface area contributed by atoms with Gasteiger partial charge in [0.15, 0.2) is 0 Å². The van der Waals surface area contributed by atoms with Crippen LogP contribution in [0.2, 0.25) is 5.02 Å². The van der Waals surface area contributed by atoms with Gasteiger partial charge < -0.3 is 16.2 Å². The van der Waals surface area contributed by atoms with Crippen molar-refractivity contribution >= 4 is 23.0 Å². The maximum atomic E-state index is 9.24. The van der Waals surface area contributed by atoms with Gasteiger partial charge >= 0.3 is 0 Å². The smallest absolute Gasteiger partial charge is 0.0591 e. The number of anilines is 2. The maximum absolute atomic E-state index is 9.24. The zero-order valence-corrected chi connectivity index (χ0v) is 9.87. The summed E-state index contributed by atoms with van der Waals surface area (Å²) in [5.74, 6) is 0.332. The second-order valence-electron chi connectivity index (χ2n) is 4.36. The summed E-state index contributed by atoms with van der Waals surface area (Å²) in [6.07, 6.45) is 3.31. The lowest BCUT2D eigenvalue weighted by molar-refractivity contribution is 0.222. The molecule has 2 rings (SSSR count). The molecular weight excluding hydrogens is 224 g/mol. The number of halogens is 1. The van der Waals surface area contributed by atoms with Crippen LogP contribution in [0.15, 0.2) is 18.2 Å². The number of nitrogens with two attached hydrogens (primary N) is 1. The molecule has 0 aromatic heterocycles. The molecule has 0 aliphatic heterocycles. The minimum absolute atomic E-state index is 0.234. The van der Waals surface area contributed by atoms with E-state index in [2.05, 4.69) is 5.32 Å². The zero-order chi connectivity index (χ0) is 11.5. The van der Waals surface area contributed by atoms with Gasteiger partial charge in [0.1, 0.15) is 0 Å². The molecule has 1 aliphatic carbocycles. The Morgan fingerprint density at radius 2 is 2.25 bits per heavy atom. The van der Waals surface area contributed by atoms with E-state index in [-0.39, 0.29) is 6.61 Å². The standard InChI is InChI=1S/C12H17ClN2O/c13-9-4-5-10(14)12(6-9)15-11-3-1-2-8(11)7-16/h4-6,8,11,15-16H,1-3,7,14H2. The van der Waals surface area contributed by atoms with Gasteiger partial charge in [0.2, 0.25) is 0 Å². The minimum Gasteiger partial charge on any atom is -0.397 e. The third-order valence-corrected chi connectivity index (χ3v) is 3.48. The van der Waals surface area contributed by atoms with Gasteiger partial charge in [-0.2, -0.15) is 0 Å². The maximum Gasteiger partial charge on any atom is 0.0591 e. The van der Waals surface area contributed by atoms with Crippen LogP contribution < -0.4 is 11.1 Å². The van der Waals surface area contributed by atoms with Crippen LogP contribution in [0, 0.1) is 5.92 Å². The number of aliphatic hydroxyl groups is 1. The molecule has 0 amide bonds. The molecule has 1 aromatic rings. The van der Waals surface area contributed by atoms with Gasteiger partial charge in [-0.1, -0.05) is 18.0 Å². The van der Waals surface area contributed by atoms with Gasteiger partial charge in [-0.15, -0.1) is 0 Å². The highest BCUT2D eigenvalue weighted by Gasteiger charge is 2.26. The van der Waals surface area contributed by atoms with Crippen molar-refractivity contribution < 1.29 is 5.11 Å². The molecular formula is C12H17ClN2O. The summed E-state index contributed by atoms with van der Waals surface area (Å²) in [4.78, 5) is 0. The van der Waals surface area contributed by atoms with Gasteiger partial charge in [-0.05, 0) is 31.0 Å². The number of hydrogen-bond acceptors (Lipinski definition) is 3. The number of hydrogen-bond donors (Lipinski definition) is 3. The third-order valence-electron chi connectivity index (χ3n) is 3.25. The molecule has 0 saturated heterocycles. The van der Waals surface area contributed by atoms with Crippen molar-refractivity contribution in [2.45, 2.75) is 25.3 Å². The van der Waals surface area contributed by atoms with E-state index < -0.39 is 0 Å². The lowest BCUT2D eigenvalue weighted by Crippen LogP contribution is -2.26. The minimum atomic E-state index is 0.234. The number of nitrogens with one attached hydrogen (secondary N) is 1. The normalized spacial score (nSPS) is 24.6. The van der Waals surface area contributed by atoms with E-state index in [1.807, 2.05) is 6.07 Å². The van der Waals surface area contributed by atoms with E-state index in [0.29, 0.717) is 22.7 Å². The molecule has 0 heterocycles. The highest BCUT2D eigenvalue weighted by molar-refractivity contribution is 6.31. The van der Waals surface area contributed by atoms with Crippen LogP contribution in [0.25, 0.3) is 0 Å². The Bertz CT molecular complexity index is 370. The summed E-state index contributed by atoms with van der Waals surface area (Å²) in [6, 6.07) is 5.73. The van der Waals surface area contributed by atoms with E-state index in [9.17, 15) is 5.11 Å². The largest absolute Gasteiger partial charge is 0.397 e. The Morgan fingerprint density at radius 1 is 1.44 bits per heavy atom. The molecule has 3 nitrogen and oxygen atoms in total.